The summed E-state index contributed by atoms with van der Waals surface area (Å²) in [6.07, 6.45) is 0. The highest BCUT2D eigenvalue weighted by Crippen LogP contribution is 2.62. The number of furan rings is 1. The van der Waals surface area contributed by atoms with E-state index in [2.05, 4.69) is 364 Å². The predicted molar refractivity (Wildman–Crippen MR) is 475 cm³/mol. The van der Waals surface area contributed by atoms with Crippen molar-refractivity contribution in [2.24, 2.45) is 0 Å². The molecule has 3 aliphatic rings. The van der Waals surface area contributed by atoms with Gasteiger partial charge in [-0.15, -0.1) is 22.7 Å². The molecule has 0 saturated carbocycles. The summed E-state index contributed by atoms with van der Waals surface area (Å²) in [4.78, 5) is 0. The van der Waals surface area contributed by atoms with Crippen LogP contribution in [0.4, 0.5) is 0 Å². The second-order valence-corrected chi connectivity index (χ2v) is 40.4. The van der Waals surface area contributed by atoms with Crippen LogP contribution in [0.25, 0.3) is 171 Å². The first-order valence-electron chi connectivity index (χ1n) is 38.4. The molecule has 5 heteroatoms. The van der Waals surface area contributed by atoms with Crippen LogP contribution in [0, 0.1) is 0 Å². The molecule has 0 spiro atoms. The molecular formula is C105H60OS2Si2. The number of hydrogen-bond donors (Lipinski definition) is 0. The molecule has 23 aromatic rings. The Hall–Kier alpha value is -12.8. The maximum Gasteiger partial charge on any atom is 0.180 e. The Labute approximate surface area is 642 Å². The van der Waals surface area contributed by atoms with E-state index in [1.54, 1.807) is 0 Å². The standard InChI is InChI=1S/C105H60OS2Si2/c1-7-28-64(29-8-1)105(65-30-9-2-10-31-65)82-46-23-19-41-73(82)98-99-83(105)59-81-90-62(51-54-76(95(90)99)93-74-42-20-24-47-84(74)108-104(93)98)57-79-78-56-61(52-55-85(78)107-103(79)81)70-44-27-45-77-92-80-60-89-94-72(71-40-21-25-48-86(71)109(89,66-32-11-3-12-33-66)67-34-13-4-14-35-67)53-50-63-58-88-100(96(80)91(63)94)97(102(92)106-101(70)77)75-43-22-26-49-87(75)110(88,68-36-15-5-16-37-68)69-38-17-6-18-39-69/h1-60H. The molecule has 0 amide bonds. The molecular weight excluding hydrogens is 1400 g/mol. The summed E-state index contributed by atoms with van der Waals surface area (Å²) in [6.45, 7) is 0. The fourth-order valence-electron chi connectivity index (χ4n) is 22.1. The third kappa shape index (κ3) is 7.29. The van der Waals surface area contributed by atoms with Gasteiger partial charge in [0.2, 0.25) is 0 Å². The first-order valence-corrected chi connectivity index (χ1v) is 44.0. The third-order valence-electron chi connectivity index (χ3n) is 26.1. The highest BCUT2D eigenvalue weighted by atomic mass is 32.1. The zero-order valence-electron chi connectivity index (χ0n) is 59.4. The van der Waals surface area contributed by atoms with Gasteiger partial charge in [-0.05, 0) is 181 Å². The fourth-order valence-corrected chi connectivity index (χ4v) is 35.0. The Morgan fingerprint density at radius 1 is 0.236 bits per heavy atom. The monoisotopic (exact) mass is 1460 g/mol. The van der Waals surface area contributed by atoms with Crippen LogP contribution in [0.1, 0.15) is 22.3 Å². The molecule has 506 valence electrons. The van der Waals surface area contributed by atoms with Gasteiger partial charge >= 0.3 is 0 Å². The van der Waals surface area contributed by atoms with Crippen LogP contribution in [0.5, 0.6) is 0 Å². The van der Waals surface area contributed by atoms with Crippen molar-refractivity contribution in [2.45, 2.75) is 5.41 Å². The lowest BCUT2D eigenvalue weighted by molar-refractivity contribution is 0.671. The molecule has 1 nitrogen and oxygen atoms in total. The zero-order valence-corrected chi connectivity index (χ0v) is 63.0. The Kier molecular flexibility index (Phi) is 11.9. The van der Waals surface area contributed by atoms with Crippen LogP contribution in [0.15, 0.2) is 368 Å². The van der Waals surface area contributed by atoms with Gasteiger partial charge in [-0.2, -0.15) is 0 Å². The fraction of sp³-hybridized carbons (Fsp3) is 0.00952. The van der Waals surface area contributed by atoms with E-state index in [9.17, 15) is 0 Å². The Bertz CT molecular complexity index is 7820. The van der Waals surface area contributed by atoms with Crippen molar-refractivity contribution in [2.75, 3.05) is 0 Å². The summed E-state index contributed by atoms with van der Waals surface area (Å²) >= 11 is 3.90. The van der Waals surface area contributed by atoms with Gasteiger partial charge in [-0.25, -0.2) is 0 Å². The van der Waals surface area contributed by atoms with E-state index in [-0.39, 0.29) is 0 Å². The summed E-state index contributed by atoms with van der Waals surface area (Å²) in [7, 11) is -6.31. The summed E-state index contributed by atoms with van der Waals surface area (Å²) in [6, 6.07) is 141. The second-order valence-electron chi connectivity index (χ2n) is 30.9. The molecule has 110 heavy (non-hydrogen) atoms. The SMILES string of the molecule is c1ccc(C2(c3ccccc3)c3ccccc3-c3c4sc5ccccc5c4c4ccc5cc6c7cc(-c8cccc9c8oc8c%10c%11c(cc%12ccc%13c%14c(cc(c89)c%11c%12%14)[Si](c8ccccc8)(c8ccccc8)c8ccccc8-%13)[Si](c8ccccc8)(c8ccccc8)c8ccccc8-%10)ccc7sc6c6cc2c3c4c56)cc1. The lowest BCUT2D eigenvalue weighted by Gasteiger charge is -2.42. The van der Waals surface area contributed by atoms with Gasteiger partial charge in [-0.1, -0.05) is 334 Å². The van der Waals surface area contributed by atoms with Crippen molar-refractivity contribution in [3.63, 3.8) is 0 Å². The van der Waals surface area contributed by atoms with E-state index in [1.807, 2.05) is 22.7 Å². The van der Waals surface area contributed by atoms with Crippen molar-refractivity contribution in [1.29, 1.82) is 0 Å². The van der Waals surface area contributed by atoms with E-state index in [0.29, 0.717) is 0 Å². The topological polar surface area (TPSA) is 13.1 Å². The predicted octanol–water partition coefficient (Wildman–Crippen LogP) is 22.9. The first kappa shape index (κ1) is 60.2. The molecule has 0 N–H and O–H groups in total. The van der Waals surface area contributed by atoms with Gasteiger partial charge in [0.25, 0.3) is 0 Å². The highest BCUT2D eigenvalue weighted by Gasteiger charge is 2.52. The third-order valence-corrected chi connectivity index (χ3v) is 38.2. The maximum absolute atomic E-state index is 8.18. The second kappa shape index (κ2) is 21.7. The van der Waals surface area contributed by atoms with Crippen molar-refractivity contribution < 1.29 is 4.42 Å². The number of fused-ring (bicyclic) bond motifs is 20. The molecule has 1 aliphatic carbocycles. The van der Waals surface area contributed by atoms with Crippen LogP contribution >= 0.6 is 22.7 Å². The Morgan fingerprint density at radius 3 is 1.46 bits per heavy atom. The van der Waals surface area contributed by atoms with Gasteiger partial charge in [-0.3, -0.25) is 0 Å². The number of benzene rings is 20. The normalized spacial score (nSPS) is 14.4. The van der Waals surface area contributed by atoms with E-state index in [4.69, 9.17) is 4.42 Å². The Balaban J connectivity index is 0.790. The number of rotatable bonds is 7. The average Bonchev–Trinajstić information content (AvgIpc) is 1.04. The van der Waals surface area contributed by atoms with Crippen LogP contribution in [0.2, 0.25) is 0 Å². The molecule has 20 aromatic carbocycles. The molecule has 26 rings (SSSR count). The van der Waals surface area contributed by atoms with Crippen molar-refractivity contribution in [3.05, 3.63) is 386 Å². The van der Waals surface area contributed by atoms with Gasteiger partial charge in [0.1, 0.15) is 11.2 Å². The maximum atomic E-state index is 8.18. The van der Waals surface area contributed by atoms with Crippen molar-refractivity contribution in [1.82, 2.24) is 0 Å². The number of para-hydroxylation sites is 1. The summed E-state index contributed by atoms with van der Waals surface area (Å²) in [5.41, 5.74) is 16.4. The van der Waals surface area contributed by atoms with E-state index in [1.165, 1.54) is 207 Å². The molecule has 0 saturated heterocycles. The lowest BCUT2D eigenvalue weighted by atomic mass is 9.59. The minimum atomic E-state index is -3.16. The van der Waals surface area contributed by atoms with E-state index < -0.39 is 21.6 Å². The molecule has 5 heterocycles. The van der Waals surface area contributed by atoms with Crippen molar-refractivity contribution in [3.8, 4) is 44.5 Å². The Morgan fingerprint density at radius 2 is 0.773 bits per heavy atom. The van der Waals surface area contributed by atoms with Gasteiger partial charge in [0, 0.05) is 73.2 Å². The molecule has 0 unspecified atom stereocenters. The first-order chi connectivity index (χ1) is 54.6. The molecule has 0 bridgehead atoms. The summed E-state index contributed by atoms with van der Waals surface area (Å²) < 4.78 is 13.4. The van der Waals surface area contributed by atoms with Crippen LogP contribution < -0.4 is 41.5 Å². The highest BCUT2D eigenvalue weighted by molar-refractivity contribution is 7.27. The molecule has 0 radical (unpaired) electrons. The number of hydrogen-bond acceptors (Lipinski definition) is 3. The van der Waals surface area contributed by atoms with Crippen LogP contribution in [0.3, 0.4) is 0 Å². The lowest BCUT2D eigenvalue weighted by Crippen LogP contribution is -2.76. The van der Waals surface area contributed by atoms with Crippen molar-refractivity contribution >= 4 is 207 Å². The molecule has 0 atom stereocenters. The number of thiophene rings is 2. The quantitative estimate of drug-likeness (QED) is 0.114. The minimum absolute atomic E-state index is 0.646. The van der Waals surface area contributed by atoms with Gasteiger partial charge < -0.3 is 4.42 Å². The molecule has 2 aliphatic heterocycles. The van der Waals surface area contributed by atoms with Crippen LogP contribution in [-0.2, 0) is 5.41 Å². The summed E-state index contributed by atoms with van der Waals surface area (Å²) in [5.74, 6) is 0. The summed E-state index contributed by atoms with van der Waals surface area (Å²) in [5, 5.41) is 34.5. The van der Waals surface area contributed by atoms with Gasteiger partial charge in [0.15, 0.2) is 16.1 Å². The smallest absolute Gasteiger partial charge is 0.180 e. The average molecular weight is 1460 g/mol. The largest absolute Gasteiger partial charge is 0.455 e. The zero-order chi connectivity index (χ0) is 71.5. The van der Waals surface area contributed by atoms with E-state index >= 15 is 0 Å². The van der Waals surface area contributed by atoms with Crippen LogP contribution in [-0.4, -0.2) is 16.1 Å². The van der Waals surface area contributed by atoms with E-state index in [0.717, 1.165) is 27.7 Å². The molecule has 3 aromatic heterocycles. The minimum Gasteiger partial charge on any atom is -0.455 e. The molecule has 0 fully saturated rings. The van der Waals surface area contributed by atoms with Gasteiger partial charge in [0.05, 0.1) is 5.41 Å².